The molecule has 3 aromatic carbocycles. The van der Waals surface area contributed by atoms with Crippen molar-refractivity contribution in [3.05, 3.63) is 98.5 Å². The maximum Gasteiger partial charge on any atom is 0.322 e. The Hall–Kier alpha value is -3.35. The van der Waals surface area contributed by atoms with Crippen LogP contribution in [0.25, 0.3) is 16.6 Å². The molecule has 35 heavy (non-hydrogen) atoms. The van der Waals surface area contributed by atoms with Crippen LogP contribution < -0.4 is 10.9 Å². The highest BCUT2D eigenvalue weighted by Gasteiger charge is 2.27. The molecule has 0 aliphatic heterocycles. The summed E-state index contributed by atoms with van der Waals surface area (Å²) in [6.07, 6.45) is 0.732. The van der Waals surface area contributed by atoms with E-state index in [1.165, 1.54) is 0 Å². The normalized spacial score (nSPS) is 11.9. The maximum atomic E-state index is 13.7. The molecule has 0 aliphatic carbocycles. The van der Waals surface area contributed by atoms with Crippen LogP contribution in [0.1, 0.15) is 37.7 Å². The average Bonchev–Trinajstić information content (AvgIpc) is 2.84. The number of para-hydroxylation sites is 1. The zero-order chi connectivity index (χ0) is 25.1. The van der Waals surface area contributed by atoms with E-state index in [1.807, 2.05) is 51.1 Å². The highest BCUT2D eigenvalue weighted by molar-refractivity contribution is 6.31. The Morgan fingerprint density at radius 3 is 2.43 bits per heavy atom. The number of fused-ring (bicyclic) bond motifs is 1. The lowest BCUT2D eigenvalue weighted by Gasteiger charge is -2.30. The molecule has 0 spiro atoms. The molecule has 4 aromatic rings. The molecule has 4 rings (SSSR count). The molecule has 180 valence electrons. The topological polar surface area (TPSA) is 67.2 Å². The molecule has 8 heteroatoms. The van der Waals surface area contributed by atoms with Crippen molar-refractivity contribution in [2.24, 2.45) is 0 Å². The highest BCUT2D eigenvalue weighted by atomic mass is 35.5. The second kappa shape index (κ2) is 10.5. The third-order valence-corrected chi connectivity index (χ3v) is 6.35. The van der Waals surface area contributed by atoms with Crippen molar-refractivity contribution >= 4 is 45.8 Å². The summed E-state index contributed by atoms with van der Waals surface area (Å²) in [6.45, 7) is 6.26. The second-order valence-electron chi connectivity index (χ2n) is 8.36. The molecule has 1 atom stereocenters. The molecule has 0 saturated carbocycles. The minimum absolute atomic E-state index is 0.197. The Labute approximate surface area is 214 Å². The summed E-state index contributed by atoms with van der Waals surface area (Å²) in [5.74, 6) is 0.471. The third-order valence-electron chi connectivity index (χ3n) is 5.86. The van der Waals surface area contributed by atoms with Gasteiger partial charge in [-0.3, -0.25) is 9.36 Å². The Bertz CT molecular complexity index is 1430. The lowest BCUT2D eigenvalue weighted by atomic mass is 10.1. The Morgan fingerprint density at radius 1 is 1.06 bits per heavy atom. The van der Waals surface area contributed by atoms with E-state index in [9.17, 15) is 9.59 Å². The smallest absolute Gasteiger partial charge is 0.315 e. The molecule has 6 nitrogen and oxygen atoms in total. The van der Waals surface area contributed by atoms with E-state index in [0.717, 1.165) is 12.0 Å². The SMILES string of the molecule is CCCN(C(=O)Nc1ccc(Cl)cc1)C(C)c1nc2ccccc2c(=O)n1-c1ccc(Cl)cc1C. The number of carbonyl (C=O) groups is 1. The first-order valence-corrected chi connectivity index (χ1v) is 12.2. The van der Waals surface area contributed by atoms with Crippen molar-refractivity contribution < 1.29 is 4.79 Å². The fourth-order valence-electron chi connectivity index (χ4n) is 4.11. The van der Waals surface area contributed by atoms with Crippen molar-refractivity contribution in [1.29, 1.82) is 0 Å². The number of amides is 2. The molecular weight excluding hydrogens is 483 g/mol. The number of nitrogens with one attached hydrogen (secondary N) is 1. The van der Waals surface area contributed by atoms with Crippen molar-refractivity contribution in [3.8, 4) is 5.69 Å². The molecular formula is C27H26Cl2N4O2. The van der Waals surface area contributed by atoms with Crippen molar-refractivity contribution in [1.82, 2.24) is 14.5 Å². The van der Waals surface area contributed by atoms with Crippen LogP contribution in [-0.2, 0) is 0 Å². The van der Waals surface area contributed by atoms with Gasteiger partial charge >= 0.3 is 6.03 Å². The number of halogens is 2. The van der Waals surface area contributed by atoms with Gasteiger partial charge in [0.25, 0.3) is 5.56 Å². The molecule has 0 radical (unpaired) electrons. The number of nitrogens with zero attached hydrogens (tertiary/aromatic N) is 3. The van der Waals surface area contributed by atoms with E-state index in [-0.39, 0.29) is 11.6 Å². The minimum Gasteiger partial charge on any atom is -0.315 e. The first kappa shape index (κ1) is 24.8. The lowest BCUT2D eigenvalue weighted by molar-refractivity contribution is 0.189. The maximum absolute atomic E-state index is 13.7. The fourth-order valence-corrected chi connectivity index (χ4v) is 4.47. The van der Waals surface area contributed by atoms with Gasteiger partial charge in [0.05, 0.1) is 22.6 Å². The van der Waals surface area contributed by atoms with Gasteiger partial charge in [-0.2, -0.15) is 0 Å². The van der Waals surface area contributed by atoms with Gasteiger partial charge < -0.3 is 10.2 Å². The Kier molecular flexibility index (Phi) is 7.43. The summed E-state index contributed by atoms with van der Waals surface area (Å²) >= 11 is 12.2. The van der Waals surface area contributed by atoms with Crippen LogP contribution in [0.5, 0.6) is 0 Å². The molecule has 0 fully saturated rings. The van der Waals surface area contributed by atoms with Gasteiger partial charge in [0.1, 0.15) is 5.82 Å². The van der Waals surface area contributed by atoms with Crippen molar-refractivity contribution in [2.45, 2.75) is 33.2 Å². The largest absolute Gasteiger partial charge is 0.322 e. The summed E-state index contributed by atoms with van der Waals surface area (Å²) < 4.78 is 1.59. The predicted molar refractivity (Wildman–Crippen MR) is 143 cm³/mol. The average molecular weight is 509 g/mol. The fraction of sp³-hybridized carbons (Fsp3) is 0.222. The Morgan fingerprint density at radius 2 is 1.74 bits per heavy atom. The minimum atomic E-state index is -0.505. The highest BCUT2D eigenvalue weighted by Crippen LogP contribution is 2.26. The van der Waals surface area contributed by atoms with Crippen LogP contribution in [0.3, 0.4) is 0 Å². The lowest BCUT2D eigenvalue weighted by Crippen LogP contribution is -2.40. The van der Waals surface area contributed by atoms with E-state index in [4.69, 9.17) is 28.2 Å². The number of aromatic nitrogens is 2. The van der Waals surface area contributed by atoms with Crippen LogP contribution in [-0.4, -0.2) is 27.0 Å². The van der Waals surface area contributed by atoms with E-state index in [2.05, 4.69) is 5.32 Å². The number of anilines is 1. The van der Waals surface area contributed by atoms with Crippen LogP contribution in [0.15, 0.2) is 71.5 Å². The van der Waals surface area contributed by atoms with E-state index < -0.39 is 6.04 Å². The summed E-state index contributed by atoms with van der Waals surface area (Å²) in [7, 11) is 0. The zero-order valence-corrected chi connectivity index (χ0v) is 21.3. The molecule has 1 aromatic heterocycles. The summed E-state index contributed by atoms with van der Waals surface area (Å²) in [5, 5.41) is 4.60. The zero-order valence-electron chi connectivity index (χ0n) is 19.8. The van der Waals surface area contributed by atoms with Crippen molar-refractivity contribution in [2.75, 3.05) is 11.9 Å². The van der Waals surface area contributed by atoms with Crippen LogP contribution in [0.4, 0.5) is 10.5 Å². The summed E-state index contributed by atoms with van der Waals surface area (Å²) in [5.41, 5.74) is 2.52. The summed E-state index contributed by atoms with van der Waals surface area (Å²) in [4.78, 5) is 33.6. The quantitative estimate of drug-likeness (QED) is 0.304. The molecule has 1 N–H and O–H groups in total. The first-order chi connectivity index (χ1) is 16.8. The van der Waals surface area contributed by atoms with E-state index >= 15 is 0 Å². The van der Waals surface area contributed by atoms with E-state index in [1.54, 1.807) is 45.9 Å². The number of carbonyl (C=O) groups excluding carboxylic acids is 1. The van der Waals surface area contributed by atoms with Gasteiger partial charge in [-0.1, -0.05) is 42.3 Å². The molecule has 0 bridgehead atoms. The van der Waals surface area contributed by atoms with Crippen LogP contribution >= 0.6 is 23.2 Å². The molecule has 0 aliphatic rings. The number of hydrogen-bond acceptors (Lipinski definition) is 3. The molecule has 0 saturated heterocycles. The molecule has 1 unspecified atom stereocenters. The van der Waals surface area contributed by atoms with Gasteiger partial charge in [-0.15, -0.1) is 0 Å². The predicted octanol–water partition coefficient (Wildman–Crippen LogP) is 7.01. The van der Waals surface area contributed by atoms with Gasteiger partial charge in [0.2, 0.25) is 0 Å². The number of aryl methyl sites for hydroxylation is 1. The van der Waals surface area contributed by atoms with Gasteiger partial charge in [0, 0.05) is 22.3 Å². The monoisotopic (exact) mass is 508 g/mol. The third kappa shape index (κ3) is 5.19. The van der Waals surface area contributed by atoms with Crippen LogP contribution in [0, 0.1) is 6.92 Å². The van der Waals surface area contributed by atoms with Gasteiger partial charge in [-0.25, -0.2) is 9.78 Å². The van der Waals surface area contributed by atoms with Gasteiger partial charge in [0.15, 0.2) is 0 Å². The molecule has 1 heterocycles. The van der Waals surface area contributed by atoms with Gasteiger partial charge in [-0.05, 0) is 80.4 Å². The number of benzene rings is 3. The number of urea groups is 1. The second-order valence-corrected chi connectivity index (χ2v) is 9.24. The first-order valence-electron chi connectivity index (χ1n) is 11.4. The Balaban J connectivity index is 1.84. The number of rotatable bonds is 6. The van der Waals surface area contributed by atoms with Crippen molar-refractivity contribution in [3.63, 3.8) is 0 Å². The molecule has 2 amide bonds. The van der Waals surface area contributed by atoms with E-state index in [0.29, 0.717) is 44.7 Å². The standard InChI is InChI=1S/C27H26Cl2N4O2/c1-4-15-32(27(35)30-21-12-9-19(28)10-13-21)18(3)25-31-23-8-6-5-7-22(23)26(34)33(25)24-14-11-20(29)16-17(24)2/h5-14,16,18H,4,15H2,1-3H3,(H,30,35). The summed E-state index contributed by atoms with van der Waals surface area (Å²) in [6, 6.07) is 18.7. The number of hydrogen-bond donors (Lipinski definition) is 1. The van der Waals surface area contributed by atoms with Crippen LogP contribution in [0.2, 0.25) is 10.0 Å².